The Hall–Kier alpha value is -1.02. The van der Waals surface area contributed by atoms with Crippen LogP contribution in [0.25, 0.3) is 0 Å². The van der Waals surface area contributed by atoms with Gasteiger partial charge in [0.05, 0.1) is 0 Å². The number of rotatable bonds is 5. The van der Waals surface area contributed by atoms with Gasteiger partial charge in [0.25, 0.3) is 10.4 Å². The van der Waals surface area contributed by atoms with Crippen molar-refractivity contribution in [3.63, 3.8) is 0 Å². The molecule has 0 aliphatic carbocycles. The van der Waals surface area contributed by atoms with E-state index >= 15 is 0 Å². The third-order valence-electron chi connectivity index (χ3n) is 1.94. The van der Waals surface area contributed by atoms with Crippen molar-refractivity contribution in [1.29, 1.82) is 0 Å². The maximum atomic E-state index is 5.12. The molecule has 8 heteroatoms. The number of nitrogens with zero attached hydrogens (tertiary/aromatic N) is 4. The van der Waals surface area contributed by atoms with Gasteiger partial charge in [0.1, 0.15) is 0 Å². The zero-order chi connectivity index (χ0) is 11.4. The predicted molar refractivity (Wildman–Crippen MR) is 59.7 cm³/mol. The summed E-state index contributed by atoms with van der Waals surface area (Å²) in [4.78, 5) is 0. The lowest BCUT2D eigenvalue weighted by Gasteiger charge is -1.94. The summed E-state index contributed by atoms with van der Waals surface area (Å²) in [6.07, 6.45) is 3.30. The molecule has 0 atom stereocenters. The molecule has 0 saturated heterocycles. The SMILES string of the molecule is Sc1nnc(CCCCc2nnc(S)o2)o1. The molecule has 0 aromatic carbocycles. The minimum atomic E-state index is 0.298. The first-order chi connectivity index (χ1) is 7.74. The molecular weight excluding hydrogens is 248 g/mol. The fraction of sp³-hybridized carbons (Fsp3) is 0.500. The number of aromatic nitrogens is 4. The quantitative estimate of drug-likeness (QED) is 0.626. The van der Waals surface area contributed by atoms with Crippen LogP contribution in [0.1, 0.15) is 24.6 Å². The third-order valence-corrected chi connectivity index (χ3v) is 2.31. The first kappa shape index (κ1) is 11.5. The zero-order valence-corrected chi connectivity index (χ0v) is 10.1. The highest BCUT2D eigenvalue weighted by atomic mass is 32.1. The highest BCUT2D eigenvalue weighted by molar-refractivity contribution is 7.80. The van der Waals surface area contributed by atoms with E-state index in [9.17, 15) is 0 Å². The van der Waals surface area contributed by atoms with E-state index in [0.717, 1.165) is 25.7 Å². The molecule has 16 heavy (non-hydrogen) atoms. The molecule has 86 valence electrons. The molecule has 2 aromatic rings. The lowest BCUT2D eigenvalue weighted by atomic mass is 10.2. The molecule has 0 bridgehead atoms. The molecule has 0 fully saturated rings. The fourth-order valence-corrected chi connectivity index (χ4v) is 1.54. The first-order valence-corrected chi connectivity index (χ1v) is 5.66. The van der Waals surface area contributed by atoms with Crippen LogP contribution in [0.2, 0.25) is 0 Å². The van der Waals surface area contributed by atoms with Crippen molar-refractivity contribution < 1.29 is 8.83 Å². The summed E-state index contributed by atoms with van der Waals surface area (Å²) in [5, 5.41) is 15.5. The molecule has 0 radical (unpaired) electrons. The third kappa shape index (κ3) is 3.24. The van der Waals surface area contributed by atoms with Gasteiger partial charge in [0.15, 0.2) is 0 Å². The summed E-state index contributed by atoms with van der Waals surface area (Å²) in [5.74, 6) is 1.20. The van der Waals surface area contributed by atoms with Gasteiger partial charge in [0, 0.05) is 12.8 Å². The minimum Gasteiger partial charge on any atom is -0.416 e. The summed E-state index contributed by atoms with van der Waals surface area (Å²) in [6.45, 7) is 0. The smallest absolute Gasteiger partial charge is 0.273 e. The van der Waals surface area contributed by atoms with E-state index in [1.165, 1.54) is 0 Å². The van der Waals surface area contributed by atoms with Crippen molar-refractivity contribution in [2.24, 2.45) is 0 Å². The van der Waals surface area contributed by atoms with Crippen LogP contribution in [0.4, 0.5) is 0 Å². The van der Waals surface area contributed by atoms with Crippen LogP contribution < -0.4 is 0 Å². The second-order valence-corrected chi connectivity index (χ2v) is 3.93. The lowest BCUT2D eigenvalue weighted by Crippen LogP contribution is -1.90. The molecule has 0 N–H and O–H groups in total. The van der Waals surface area contributed by atoms with Gasteiger partial charge in [-0.3, -0.25) is 0 Å². The van der Waals surface area contributed by atoms with E-state index in [2.05, 4.69) is 45.7 Å². The highest BCUT2D eigenvalue weighted by Gasteiger charge is 2.05. The first-order valence-electron chi connectivity index (χ1n) is 4.77. The van der Waals surface area contributed by atoms with E-state index in [1.807, 2.05) is 0 Å². The summed E-state index contributed by atoms with van der Waals surface area (Å²) >= 11 is 7.86. The number of unbranched alkanes of at least 4 members (excludes halogenated alkanes) is 1. The van der Waals surface area contributed by atoms with Crippen molar-refractivity contribution in [3.05, 3.63) is 11.8 Å². The van der Waals surface area contributed by atoms with E-state index < -0.39 is 0 Å². The van der Waals surface area contributed by atoms with E-state index in [1.54, 1.807) is 0 Å². The minimum absolute atomic E-state index is 0.298. The number of thiol groups is 2. The number of aryl methyl sites for hydroxylation is 2. The highest BCUT2D eigenvalue weighted by Crippen LogP contribution is 2.10. The van der Waals surface area contributed by atoms with Crippen LogP contribution in [0, 0.1) is 0 Å². The molecule has 0 aliphatic heterocycles. The Labute approximate surface area is 103 Å². The lowest BCUT2D eigenvalue weighted by molar-refractivity contribution is 0.396. The van der Waals surface area contributed by atoms with Gasteiger partial charge < -0.3 is 8.83 Å². The molecule has 2 heterocycles. The van der Waals surface area contributed by atoms with Gasteiger partial charge in [0.2, 0.25) is 11.8 Å². The maximum absolute atomic E-state index is 5.12. The Bertz CT molecular complexity index is 414. The molecule has 0 saturated carbocycles. The normalized spacial score (nSPS) is 10.9. The number of hydrogen-bond acceptors (Lipinski definition) is 8. The van der Waals surface area contributed by atoms with Crippen LogP contribution in [0.3, 0.4) is 0 Å². The zero-order valence-electron chi connectivity index (χ0n) is 8.33. The van der Waals surface area contributed by atoms with Gasteiger partial charge >= 0.3 is 0 Å². The van der Waals surface area contributed by atoms with E-state index in [-0.39, 0.29) is 0 Å². The van der Waals surface area contributed by atoms with Crippen molar-refractivity contribution >= 4 is 25.3 Å². The molecule has 0 spiro atoms. The average molecular weight is 258 g/mol. The standard InChI is InChI=1S/C8H10N4O2S2/c15-7-11-9-5(13-7)3-1-2-4-6-10-12-8(16)14-6/h1-4H2,(H,11,15)(H,12,16). The topological polar surface area (TPSA) is 77.8 Å². The van der Waals surface area contributed by atoms with Gasteiger partial charge in [-0.05, 0) is 12.8 Å². The molecule has 0 unspecified atom stereocenters. The second kappa shape index (κ2) is 5.35. The monoisotopic (exact) mass is 258 g/mol. The van der Waals surface area contributed by atoms with Crippen LogP contribution >= 0.6 is 25.3 Å². The van der Waals surface area contributed by atoms with E-state index in [4.69, 9.17) is 8.83 Å². The molecule has 2 aromatic heterocycles. The number of hydrogen-bond donors (Lipinski definition) is 2. The van der Waals surface area contributed by atoms with Crippen molar-refractivity contribution in [1.82, 2.24) is 20.4 Å². The summed E-state index contributed by atoms with van der Waals surface area (Å²) < 4.78 is 10.2. The maximum Gasteiger partial charge on any atom is 0.273 e. The van der Waals surface area contributed by atoms with Crippen LogP contribution in [-0.4, -0.2) is 20.4 Å². The van der Waals surface area contributed by atoms with Gasteiger partial charge in [-0.25, -0.2) is 0 Å². The van der Waals surface area contributed by atoms with E-state index in [0.29, 0.717) is 22.2 Å². The molecular formula is C8H10N4O2S2. The summed E-state index contributed by atoms with van der Waals surface area (Å²) in [6, 6.07) is 0. The Morgan fingerprint density at radius 1 is 0.750 bits per heavy atom. The Morgan fingerprint density at radius 3 is 1.50 bits per heavy atom. The van der Waals surface area contributed by atoms with Gasteiger partial charge in [-0.2, -0.15) is 0 Å². The van der Waals surface area contributed by atoms with Crippen molar-refractivity contribution in [3.8, 4) is 0 Å². The Kier molecular flexibility index (Phi) is 3.83. The molecule has 6 nitrogen and oxygen atoms in total. The largest absolute Gasteiger partial charge is 0.416 e. The summed E-state index contributed by atoms with van der Waals surface area (Å²) in [5.41, 5.74) is 0. The molecule has 2 rings (SSSR count). The average Bonchev–Trinajstić information content (AvgIpc) is 2.83. The second-order valence-electron chi connectivity index (χ2n) is 3.16. The van der Waals surface area contributed by atoms with Crippen molar-refractivity contribution in [2.75, 3.05) is 0 Å². The van der Waals surface area contributed by atoms with Gasteiger partial charge in [-0.1, -0.05) is 25.3 Å². The predicted octanol–water partition coefficient (Wildman–Crippen LogP) is 1.60. The Balaban J connectivity index is 1.69. The molecule has 0 amide bonds. The Morgan fingerprint density at radius 2 is 1.19 bits per heavy atom. The summed E-state index contributed by atoms with van der Waals surface area (Å²) in [7, 11) is 0. The van der Waals surface area contributed by atoms with Crippen LogP contribution in [-0.2, 0) is 12.8 Å². The van der Waals surface area contributed by atoms with Crippen LogP contribution in [0.15, 0.2) is 19.3 Å². The van der Waals surface area contributed by atoms with Crippen molar-refractivity contribution in [2.45, 2.75) is 36.1 Å². The molecule has 0 aliphatic rings. The van der Waals surface area contributed by atoms with Crippen LogP contribution in [0.5, 0.6) is 0 Å². The van der Waals surface area contributed by atoms with Gasteiger partial charge in [-0.15, -0.1) is 20.4 Å². The fourth-order valence-electron chi connectivity index (χ4n) is 1.24.